The molecular formula is C25H26F2N2O3. The highest BCUT2D eigenvalue weighted by atomic mass is 19.2. The molecule has 0 spiro atoms. The van der Waals surface area contributed by atoms with Crippen molar-refractivity contribution in [3.63, 3.8) is 0 Å². The van der Waals surface area contributed by atoms with Crippen molar-refractivity contribution in [1.82, 2.24) is 5.32 Å². The van der Waals surface area contributed by atoms with Crippen LogP contribution in [0.25, 0.3) is 0 Å². The fourth-order valence-corrected chi connectivity index (χ4v) is 5.53. The van der Waals surface area contributed by atoms with E-state index in [-0.39, 0.29) is 36.0 Å². The number of carbonyl (C=O) groups is 1. The first-order valence-corrected chi connectivity index (χ1v) is 10.8. The van der Waals surface area contributed by atoms with Gasteiger partial charge < -0.3 is 15.2 Å². The molecule has 2 fully saturated rings. The predicted octanol–water partition coefficient (Wildman–Crippen LogP) is 3.67. The number of carbonyl (C=O) groups excluding carboxylic acids is 1. The van der Waals surface area contributed by atoms with Crippen LogP contribution < -0.4 is 10.1 Å². The molecule has 2 aromatic rings. The minimum Gasteiger partial charge on any atom is -0.496 e. The summed E-state index contributed by atoms with van der Waals surface area (Å²) in [6.45, 7) is 1.31. The van der Waals surface area contributed by atoms with E-state index in [0.717, 1.165) is 12.1 Å². The molecule has 2 aliphatic rings. The van der Waals surface area contributed by atoms with Crippen molar-refractivity contribution < 1.29 is 23.4 Å². The van der Waals surface area contributed by atoms with Gasteiger partial charge in [0.25, 0.3) is 0 Å². The standard InChI is InChI=1S/C25H26F2N2O3/c1-32-23-5-3-2-4-19(23)25(31)12-16(10-17-13-29-14-20(17)25)24(30)18(8-9-28)15-6-7-21(26)22(27)11-15/h2-7,11,16-18,20,29,31H,8,10,12-14H2,1H3/t16-,17-,18?,20+,25+/m0/s1. The van der Waals surface area contributed by atoms with Gasteiger partial charge >= 0.3 is 0 Å². The van der Waals surface area contributed by atoms with Crippen molar-refractivity contribution in [1.29, 1.82) is 5.26 Å². The SMILES string of the molecule is COc1ccccc1[C@]1(O)C[C@@H](C(=O)C(CC#N)c2ccc(F)c(F)c2)C[C@H]2CNC[C@H]21. The molecule has 4 rings (SSSR count). The van der Waals surface area contributed by atoms with Crippen LogP contribution in [0.2, 0.25) is 0 Å². The molecule has 5 atom stereocenters. The van der Waals surface area contributed by atoms with E-state index in [1.54, 1.807) is 13.2 Å². The maximum Gasteiger partial charge on any atom is 0.159 e. The van der Waals surface area contributed by atoms with E-state index in [1.807, 2.05) is 24.3 Å². The first-order valence-electron chi connectivity index (χ1n) is 10.8. The second-order valence-corrected chi connectivity index (χ2v) is 8.78. The summed E-state index contributed by atoms with van der Waals surface area (Å²) in [7, 11) is 1.55. The molecular weight excluding hydrogens is 414 g/mol. The number of fused-ring (bicyclic) bond motifs is 1. The Morgan fingerprint density at radius 1 is 1.28 bits per heavy atom. The zero-order valence-electron chi connectivity index (χ0n) is 17.9. The first-order chi connectivity index (χ1) is 15.4. The fraction of sp³-hybridized carbons (Fsp3) is 0.440. The van der Waals surface area contributed by atoms with Gasteiger partial charge in [-0.1, -0.05) is 24.3 Å². The molecule has 7 heteroatoms. The number of hydrogen-bond donors (Lipinski definition) is 2. The van der Waals surface area contributed by atoms with Crippen molar-refractivity contribution >= 4 is 5.78 Å². The zero-order chi connectivity index (χ0) is 22.9. The molecule has 1 unspecified atom stereocenters. The molecule has 1 heterocycles. The van der Waals surface area contributed by atoms with Gasteiger partial charge in [0, 0.05) is 30.4 Å². The van der Waals surface area contributed by atoms with Gasteiger partial charge in [0.2, 0.25) is 0 Å². The quantitative estimate of drug-likeness (QED) is 0.716. The molecule has 5 nitrogen and oxygen atoms in total. The predicted molar refractivity (Wildman–Crippen MR) is 114 cm³/mol. The Morgan fingerprint density at radius 3 is 2.78 bits per heavy atom. The third-order valence-corrected chi connectivity index (χ3v) is 7.06. The summed E-state index contributed by atoms with van der Waals surface area (Å²) in [6, 6.07) is 12.6. The number of Topliss-reactive ketones (excluding diaryl/α,β-unsaturated/α-hetero) is 1. The highest BCUT2D eigenvalue weighted by Crippen LogP contribution is 2.51. The third kappa shape index (κ3) is 3.89. The molecule has 2 aromatic carbocycles. The largest absolute Gasteiger partial charge is 0.496 e. The van der Waals surface area contributed by atoms with Crippen molar-refractivity contribution in [2.45, 2.75) is 30.8 Å². The molecule has 0 aromatic heterocycles. The van der Waals surface area contributed by atoms with Crippen LogP contribution in [0.3, 0.4) is 0 Å². The van der Waals surface area contributed by atoms with Gasteiger partial charge in [-0.2, -0.15) is 5.26 Å². The summed E-state index contributed by atoms with van der Waals surface area (Å²) < 4.78 is 32.8. The van der Waals surface area contributed by atoms with E-state index < -0.39 is 29.1 Å². The smallest absolute Gasteiger partial charge is 0.159 e. The average molecular weight is 440 g/mol. The van der Waals surface area contributed by atoms with Crippen molar-refractivity contribution in [3.8, 4) is 11.8 Å². The van der Waals surface area contributed by atoms with Crippen molar-refractivity contribution in [3.05, 3.63) is 65.2 Å². The zero-order valence-corrected chi connectivity index (χ0v) is 17.9. The maximum atomic E-state index is 13.9. The Bertz CT molecular complexity index is 1050. The fourth-order valence-electron chi connectivity index (χ4n) is 5.53. The van der Waals surface area contributed by atoms with Crippen molar-refractivity contribution in [2.75, 3.05) is 20.2 Å². The van der Waals surface area contributed by atoms with Gasteiger partial charge in [0.15, 0.2) is 11.6 Å². The van der Waals surface area contributed by atoms with Crippen molar-refractivity contribution in [2.24, 2.45) is 17.8 Å². The number of halogens is 2. The van der Waals surface area contributed by atoms with Gasteiger partial charge in [0.05, 0.1) is 24.7 Å². The number of ether oxygens (including phenoxy) is 1. The number of nitrogens with zero attached hydrogens (tertiary/aromatic N) is 1. The lowest BCUT2D eigenvalue weighted by Crippen LogP contribution is -2.48. The maximum absolute atomic E-state index is 13.9. The number of ketones is 1. The number of nitriles is 1. The van der Waals surface area contributed by atoms with Crippen LogP contribution in [0.15, 0.2) is 42.5 Å². The third-order valence-electron chi connectivity index (χ3n) is 7.06. The number of nitrogens with one attached hydrogen (secondary N) is 1. The number of benzene rings is 2. The lowest BCUT2D eigenvalue weighted by Gasteiger charge is -2.45. The van der Waals surface area contributed by atoms with E-state index in [1.165, 1.54) is 6.07 Å². The van der Waals surface area contributed by atoms with Gasteiger partial charge in [0.1, 0.15) is 11.5 Å². The number of methoxy groups -OCH3 is 1. The second-order valence-electron chi connectivity index (χ2n) is 8.78. The number of rotatable bonds is 6. The van der Waals surface area contributed by atoms with Gasteiger partial charge in [-0.15, -0.1) is 0 Å². The number of aliphatic hydroxyl groups is 1. The van der Waals surface area contributed by atoms with E-state index in [0.29, 0.717) is 30.8 Å². The van der Waals surface area contributed by atoms with E-state index in [9.17, 15) is 23.9 Å². The molecule has 0 amide bonds. The molecule has 0 bridgehead atoms. The second kappa shape index (κ2) is 8.97. The van der Waals surface area contributed by atoms with Crippen LogP contribution >= 0.6 is 0 Å². The Morgan fingerprint density at radius 2 is 2.06 bits per heavy atom. The average Bonchev–Trinajstić information content (AvgIpc) is 3.28. The van der Waals surface area contributed by atoms with Crippen LogP contribution in [-0.2, 0) is 10.4 Å². The van der Waals surface area contributed by atoms with Crippen LogP contribution in [0.1, 0.15) is 36.3 Å². The van der Waals surface area contributed by atoms with Crippen LogP contribution in [0.4, 0.5) is 8.78 Å². The lowest BCUT2D eigenvalue weighted by molar-refractivity contribution is -0.136. The van der Waals surface area contributed by atoms with Crippen LogP contribution in [0.5, 0.6) is 5.75 Å². The first kappa shape index (κ1) is 22.4. The summed E-state index contributed by atoms with van der Waals surface area (Å²) >= 11 is 0. The van der Waals surface area contributed by atoms with Crippen LogP contribution in [-0.4, -0.2) is 31.1 Å². The Kier molecular flexibility index (Phi) is 6.27. The molecule has 1 aliphatic heterocycles. The monoisotopic (exact) mass is 440 g/mol. The van der Waals surface area contributed by atoms with Gasteiger partial charge in [-0.05, 0) is 49.1 Å². The van der Waals surface area contributed by atoms with Gasteiger partial charge in [-0.3, -0.25) is 4.79 Å². The van der Waals surface area contributed by atoms with Gasteiger partial charge in [-0.25, -0.2) is 8.78 Å². The molecule has 1 saturated heterocycles. The number of para-hydroxylation sites is 1. The molecule has 32 heavy (non-hydrogen) atoms. The minimum absolute atomic E-state index is 0.0697. The highest BCUT2D eigenvalue weighted by molar-refractivity contribution is 5.88. The molecule has 0 radical (unpaired) electrons. The highest BCUT2D eigenvalue weighted by Gasteiger charge is 2.53. The lowest BCUT2D eigenvalue weighted by atomic mass is 9.61. The molecule has 2 N–H and O–H groups in total. The van der Waals surface area contributed by atoms with E-state index >= 15 is 0 Å². The van der Waals surface area contributed by atoms with Crippen LogP contribution in [0, 0.1) is 40.7 Å². The molecule has 1 saturated carbocycles. The summed E-state index contributed by atoms with van der Waals surface area (Å²) in [4.78, 5) is 13.6. The van der Waals surface area contributed by atoms with E-state index in [4.69, 9.17) is 4.74 Å². The molecule has 1 aliphatic carbocycles. The Balaban J connectivity index is 1.70. The summed E-state index contributed by atoms with van der Waals surface area (Å²) in [5, 5.41) is 24.6. The Hall–Kier alpha value is -2.82. The summed E-state index contributed by atoms with van der Waals surface area (Å²) in [5.74, 6) is -3.14. The minimum atomic E-state index is -1.29. The number of hydrogen-bond acceptors (Lipinski definition) is 5. The summed E-state index contributed by atoms with van der Waals surface area (Å²) in [5.41, 5.74) is -0.365. The normalized spacial score (nSPS) is 27.9. The topological polar surface area (TPSA) is 82.3 Å². The summed E-state index contributed by atoms with van der Waals surface area (Å²) in [6.07, 6.45) is 0.611. The Labute approximate surface area is 186 Å². The van der Waals surface area contributed by atoms with E-state index in [2.05, 4.69) is 5.32 Å². The molecule has 168 valence electrons.